The Morgan fingerprint density at radius 3 is 2.09 bits per heavy atom. The fraction of sp³-hybridized carbons (Fsp3) is 0.192. The number of H-pyrrole nitrogens is 3. The van der Waals surface area contributed by atoms with Crippen molar-refractivity contribution in [1.29, 1.82) is 0 Å². The maximum absolute atomic E-state index is 14.9. The zero-order chi connectivity index (χ0) is 24.5. The third-order valence-corrected chi connectivity index (χ3v) is 5.38. The lowest BCUT2D eigenvalue weighted by Gasteiger charge is -2.17. The third kappa shape index (κ3) is 4.66. The molecule has 0 bridgehead atoms. The minimum absolute atomic E-state index is 0.0413. The van der Waals surface area contributed by atoms with E-state index in [1.807, 2.05) is 20.8 Å². The van der Waals surface area contributed by atoms with Crippen molar-refractivity contribution in [3.05, 3.63) is 120 Å². The van der Waals surface area contributed by atoms with Gasteiger partial charge in [0, 0.05) is 22.2 Å². The van der Waals surface area contributed by atoms with Gasteiger partial charge in [-0.2, -0.15) is 8.78 Å². The molecule has 3 N–H and O–H groups in total. The number of alkyl halides is 2. The Hall–Kier alpha value is -4.07. The van der Waals surface area contributed by atoms with E-state index in [-0.39, 0.29) is 27.2 Å². The molecule has 0 saturated heterocycles. The molecule has 0 aliphatic heterocycles. The number of halogens is 2. The number of aromatic nitrogens is 4. The molecule has 4 aromatic rings. The van der Waals surface area contributed by atoms with Gasteiger partial charge in [-0.15, -0.1) is 0 Å². The topological polar surface area (TPSA) is 94.4 Å². The van der Waals surface area contributed by atoms with Gasteiger partial charge in [0.15, 0.2) is 0 Å². The summed E-state index contributed by atoms with van der Waals surface area (Å²) in [7, 11) is 0. The van der Waals surface area contributed by atoms with Gasteiger partial charge in [0.05, 0.1) is 12.0 Å². The van der Waals surface area contributed by atoms with Crippen molar-refractivity contribution < 1.29 is 8.78 Å². The van der Waals surface area contributed by atoms with Gasteiger partial charge in [0.1, 0.15) is 10.7 Å². The van der Waals surface area contributed by atoms with Crippen molar-refractivity contribution >= 4 is 12.2 Å². The van der Waals surface area contributed by atoms with Crippen LogP contribution in [-0.2, 0) is 11.3 Å². The molecule has 0 aliphatic rings. The van der Waals surface area contributed by atoms with E-state index >= 15 is 0 Å². The molecular formula is C26H24F2N4O2. The van der Waals surface area contributed by atoms with Gasteiger partial charge < -0.3 is 15.0 Å². The van der Waals surface area contributed by atoms with E-state index in [1.165, 1.54) is 48.8 Å². The first kappa shape index (κ1) is 23.1. The van der Waals surface area contributed by atoms with Crippen LogP contribution in [0.1, 0.15) is 48.8 Å². The number of hydrogen-bond donors (Lipinski definition) is 3. The molecule has 2 aromatic heterocycles. The fourth-order valence-electron chi connectivity index (χ4n) is 3.65. The molecule has 0 radical (unpaired) electrons. The predicted octanol–water partition coefficient (Wildman–Crippen LogP) is 2.88. The number of imidazole rings is 1. The molecule has 0 amide bonds. The van der Waals surface area contributed by atoms with Gasteiger partial charge in [-0.1, -0.05) is 69.3 Å². The van der Waals surface area contributed by atoms with Crippen molar-refractivity contribution in [2.24, 2.45) is 0 Å². The lowest BCUT2D eigenvalue weighted by atomic mass is 9.90. The highest BCUT2D eigenvalue weighted by Gasteiger charge is 2.33. The summed E-state index contributed by atoms with van der Waals surface area (Å²) < 4.78 is 29.9. The molecule has 0 fully saturated rings. The van der Waals surface area contributed by atoms with E-state index in [1.54, 1.807) is 24.3 Å². The Labute approximate surface area is 193 Å². The van der Waals surface area contributed by atoms with E-state index in [0.717, 1.165) is 5.69 Å². The van der Waals surface area contributed by atoms with Crippen LogP contribution in [0, 0.1) is 0 Å². The maximum atomic E-state index is 14.9. The molecule has 8 heteroatoms. The molecular weight excluding hydrogens is 438 g/mol. The zero-order valence-electron chi connectivity index (χ0n) is 18.9. The zero-order valence-corrected chi connectivity index (χ0v) is 18.9. The van der Waals surface area contributed by atoms with E-state index in [2.05, 4.69) is 19.9 Å². The van der Waals surface area contributed by atoms with Crippen LogP contribution < -0.4 is 21.8 Å². The van der Waals surface area contributed by atoms with Crippen LogP contribution in [0.3, 0.4) is 0 Å². The Bertz CT molecular complexity index is 1560. The first-order valence-corrected chi connectivity index (χ1v) is 10.7. The Morgan fingerprint density at radius 2 is 1.44 bits per heavy atom. The normalized spacial score (nSPS) is 13.4. The highest BCUT2D eigenvalue weighted by atomic mass is 19.3. The average molecular weight is 463 g/mol. The van der Waals surface area contributed by atoms with E-state index in [9.17, 15) is 18.4 Å². The largest absolute Gasteiger partial charge is 0.348 e. The summed E-state index contributed by atoms with van der Waals surface area (Å²) in [5, 5.41) is 0.00418. The molecule has 0 saturated carbocycles. The summed E-state index contributed by atoms with van der Waals surface area (Å²) in [4.78, 5) is 37.7. The van der Waals surface area contributed by atoms with Crippen LogP contribution in [0.15, 0.2) is 70.5 Å². The van der Waals surface area contributed by atoms with Crippen molar-refractivity contribution in [2.45, 2.75) is 32.1 Å². The van der Waals surface area contributed by atoms with Gasteiger partial charge in [-0.25, -0.2) is 4.98 Å². The van der Waals surface area contributed by atoms with E-state index in [0.29, 0.717) is 11.3 Å². The van der Waals surface area contributed by atoms with Crippen molar-refractivity contribution in [2.75, 3.05) is 0 Å². The van der Waals surface area contributed by atoms with Gasteiger partial charge in [0.25, 0.3) is 17.0 Å². The van der Waals surface area contributed by atoms with Crippen molar-refractivity contribution in [3.63, 3.8) is 0 Å². The molecule has 0 aliphatic carbocycles. The van der Waals surface area contributed by atoms with E-state index in [4.69, 9.17) is 0 Å². The SMILES string of the molecule is CC(C)(C)c1[nH]cnc1/C=c1\[nH]c(=O)/c(=C/c2cccc(C(F)(F)c3ccccc3)c2)[nH]c1=O. The van der Waals surface area contributed by atoms with Crippen LogP contribution in [0.25, 0.3) is 12.2 Å². The quantitative estimate of drug-likeness (QED) is 0.435. The minimum Gasteiger partial charge on any atom is -0.348 e. The average Bonchev–Trinajstić information content (AvgIpc) is 3.27. The Morgan fingerprint density at radius 1 is 0.824 bits per heavy atom. The Balaban J connectivity index is 1.76. The van der Waals surface area contributed by atoms with Crippen LogP contribution >= 0.6 is 0 Å². The fourth-order valence-corrected chi connectivity index (χ4v) is 3.65. The molecule has 2 aromatic carbocycles. The molecule has 0 atom stereocenters. The summed E-state index contributed by atoms with van der Waals surface area (Å²) in [5.41, 5.74) is 0.0406. The molecule has 4 rings (SSSR count). The molecule has 0 spiro atoms. The summed E-state index contributed by atoms with van der Waals surface area (Å²) in [6.45, 7) is 6.00. The van der Waals surface area contributed by atoms with Crippen LogP contribution in [-0.4, -0.2) is 19.9 Å². The number of aromatic amines is 3. The maximum Gasteiger partial charge on any atom is 0.298 e. The number of nitrogens with one attached hydrogen (secondary N) is 3. The predicted molar refractivity (Wildman–Crippen MR) is 127 cm³/mol. The minimum atomic E-state index is -3.21. The lowest BCUT2D eigenvalue weighted by molar-refractivity contribution is 0.0428. The first-order chi connectivity index (χ1) is 16.1. The molecule has 0 unspecified atom stereocenters. The second-order valence-corrected chi connectivity index (χ2v) is 9.00. The molecule has 6 nitrogen and oxygen atoms in total. The van der Waals surface area contributed by atoms with Crippen LogP contribution in [0.4, 0.5) is 8.78 Å². The number of rotatable bonds is 4. The highest BCUT2D eigenvalue weighted by Crippen LogP contribution is 2.35. The van der Waals surface area contributed by atoms with Crippen LogP contribution in [0.2, 0.25) is 0 Å². The number of hydrogen-bond acceptors (Lipinski definition) is 3. The second-order valence-electron chi connectivity index (χ2n) is 9.00. The summed E-state index contributed by atoms with van der Waals surface area (Å²) >= 11 is 0. The van der Waals surface area contributed by atoms with Gasteiger partial charge in [-0.3, -0.25) is 9.59 Å². The summed E-state index contributed by atoms with van der Waals surface area (Å²) in [5.74, 6) is -3.21. The van der Waals surface area contributed by atoms with Gasteiger partial charge >= 0.3 is 0 Å². The second kappa shape index (κ2) is 8.70. The molecule has 2 heterocycles. The number of benzene rings is 2. The van der Waals surface area contributed by atoms with Gasteiger partial charge in [0.2, 0.25) is 0 Å². The van der Waals surface area contributed by atoms with E-state index < -0.39 is 17.0 Å². The van der Waals surface area contributed by atoms with Gasteiger partial charge in [-0.05, 0) is 23.8 Å². The lowest BCUT2D eigenvalue weighted by Crippen LogP contribution is -2.46. The summed E-state index contributed by atoms with van der Waals surface area (Å²) in [6.07, 6.45) is 4.39. The van der Waals surface area contributed by atoms with Crippen molar-refractivity contribution in [1.82, 2.24) is 19.9 Å². The number of nitrogens with zero attached hydrogens (tertiary/aromatic N) is 1. The Kier molecular flexibility index (Phi) is 5.91. The van der Waals surface area contributed by atoms with Crippen molar-refractivity contribution in [3.8, 4) is 0 Å². The molecule has 34 heavy (non-hydrogen) atoms. The standard InChI is InChI=1S/C26H24F2N4O2/c1-25(2,3)22-19(29-15-30-22)14-21-24(34)31-20(23(33)32-21)13-16-8-7-11-18(12-16)26(27,28)17-9-5-4-6-10-17/h4-15H,1-3H3,(H,29,30)(H,31,34)(H,32,33)/b20-13-,21-14-. The third-order valence-electron chi connectivity index (χ3n) is 5.38. The summed E-state index contributed by atoms with van der Waals surface area (Å²) in [6, 6.07) is 13.2. The highest BCUT2D eigenvalue weighted by molar-refractivity contribution is 5.51. The first-order valence-electron chi connectivity index (χ1n) is 10.7. The monoisotopic (exact) mass is 462 g/mol. The van der Waals surface area contributed by atoms with Crippen LogP contribution in [0.5, 0.6) is 0 Å². The smallest absolute Gasteiger partial charge is 0.298 e. The molecule has 174 valence electrons.